The molecule has 0 saturated heterocycles. The largest absolute Gasteiger partial charge is 0.489 e. The van der Waals surface area contributed by atoms with Crippen LogP contribution in [-0.2, 0) is 18.6 Å². The SMILES string of the molecule is Cc1ccc(Cn2nc(C)c(NC(=O)c3cccc(COc4ccc(C(C)(C)C)cc4)c3)c2C)cc1. The number of aryl methyl sites for hydroxylation is 2. The molecule has 0 aliphatic rings. The van der Waals surface area contributed by atoms with Gasteiger partial charge < -0.3 is 10.1 Å². The Bertz CT molecular complexity index is 1340. The van der Waals surface area contributed by atoms with Gasteiger partial charge in [-0.05, 0) is 67.1 Å². The fraction of sp³-hybridized carbons (Fsp3) is 0.290. The number of aromatic nitrogens is 2. The summed E-state index contributed by atoms with van der Waals surface area (Å²) >= 11 is 0. The van der Waals surface area contributed by atoms with Crippen molar-refractivity contribution in [2.45, 2.75) is 60.1 Å². The predicted octanol–water partition coefficient (Wildman–Crippen LogP) is 6.99. The van der Waals surface area contributed by atoms with Crippen molar-refractivity contribution >= 4 is 11.6 Å². The molecule has 0 unspecified atom stereocenters. The van der Waals surface area contributed by atoms with E-state index in [0.717, 1.165) is 28.4 Å². The Morgan fingerprint density at radius 2 is 1.61 bits per heavy atom. The van der Waals surface area contributed by atoms with E-state index in [0.29, 0.717) is 18.7 Å². The number of nitrogens with zero attached hydrogens (tertiary/aromatic N) is 2. The Kier molecular flexibility index (Phi) is 7.30. The van der Waals surface area contributed by atoms with E-state index in [4.69, 9.17) is 4.74 Å². The molecule has 0 spiro atoms. The average molecular weight is 482 g/mol. The topological polar surface area (TPSA) is 56.2 Å². The molecule has 0 aliphatic heterocycles. The summed E-state index contributed by atoms with van der Waals surface area (Å²) in [6, 6.07) is 24.2. The fourth-order valence-electron chi connectivity index (χ4n) is 4.10. The highest BCUT2D eigenvalue weighted by molar-refractivity contribution is 6.05. The van der Waals surface area contributed by atoms with Crippen molar-refractivity contribution < 1.29 is 9.53 Å². The number of carbonyl (C=O) groups is 1. The first-order valence-corrected chi connectivity index (χ1v) is 12.3. The second-order valence-electron chi connectivity index (χ2n) is 10.4. The van der Waals surface area contributed by atoms with Crippen LogP contribution < -0.4 is 10.1 Å². The van der Waals surface area contributed by atoms with Crippen LogP contribution in [0.15, 0.2) is 72.8 Å². The molecule has 0 radical (unpaired) electrons. The van der Waals surface area contributed by atoms with Crippen molar-refractivity contribution in [2.75, 3.05) is 5.32 Å². The molecule has 0 atom stereocenters. The van der Waals surface area contributed by atoms with Crippen molar-refractivity contribution in [3.63, 3.8) is 0 Å². The van der Waals surface area contributed by atoms with Crippen molar-refractivity contribution in [3.8, 4) is 5.75 Å². The zero-order valence-corrected chi connectivity index (χ0v) is 22.1. The molecule has 0 saturated carbocycles. The number of benzene rings is 3. The molecule has 186 valence electrons. The maximum atomic E-state index is 13.1. The molecule has 5 nitrogen and oxygen atoms in total. The lowest BCUT2D eigenvalue weighted by Gasteiger charge is -2.19. The molecule has 1 N–H and O–H groups in total. The van der Waals surface area contributed by atoms with E-state index >= 15 is 0 Å². The summed E-state index contributed by atoms with van der Waals surface area (Å²) in [5.74, 6) is 0.651. The van der Waals surface area contributed by atoms with E-state index in [1.54, 1.807) is 0 Å². The van der Waals surface area contributed by atoms with Crippen LogP contribution in [0.4, 0.5) is 5.69 Å². The number of anilines is 1. The van der Waals surface area contributed by atoms with Crippen LogP contribution >= 0.6 is 0 Å². The Morgan fingerprint density at radius 3 is 2.28 bits per heavy atom. The van der Waals surface area contributed by atoms with Crippen LogP contribution in [-0.4, -0.2) is 15.7 Å². The van der Waals surface area contributed by atoms with Gasteiger partial charge in [0.25, 0.3) is 5.91 Å². The summed E-state index contributed by atoms with van der Waals surface area (Å²) < 4.78 is 7.91. The summed E-state index contributed by atoms with van der Waals surface area (Å²) in [5.41, 5.74) is 7.78. The number of ether oxygens (including phenoxy) is 1. The molecule has 0 fully saturated rings. The Balaban J connectivity index is 1.42. The maximum Gasteiger partial charge on any atom is 0.255 e. The quantitative estimate of drug-likeness (QED) is 0.310. The van der Waals surface area contributed by atoms with E-state index in [2.05, 4.69) is 74.5 Å². The van der Waals surface area contributed by atoms with E-state index in [1.165, 1.54) is 16.7 Å². The lowest BCUT2D eigenvalue weighted by molar-refractivity contribution is 0.102. The number of hydrogen-bond acceptors (Lipinski definition) is 3. The molecule has 1 heterocycles. The molecule has 0 bridgehead atoms. The highest BCUT2D eigenvalue weighted by atomic mass is 16.5. The zero-order chi connectivity index (χ0) is 25.9. The van der Waals surface area contributed by atoms with E-state index < -0.39 is 0 Å². The van der Waals surface area contributed by atoms with Crippen LogP contribution in [0.3, 0.4) is 0 Å². The summed E-state index contributed by atoms with van der Waals surface area (Å²) in [4.78, 5) is 13.1. The number of nitrogens with one attached hydrogen (secondary N) is 1. The predicted molar refractivity (Wildman–Crippen MR) is 146 cm³/mol. The minimum absolute atomic E-state index is 0.105. The van der Waals surface area contributed by atoms with Crippen molar-refractivity contribution in [2.24, 2.45) is 0 Å². The smallest absolute Gasteiger partial charge is 0.255 e. The first kappa shape index (κ1) is 25.2. The van der Waals surface area contributed by atoms with Crippen LogP contribution in [0.5, 0.6) is 5.75 Å². The molecule has 5 heteroatoms. The second-order valence-corrected chi connectivity index (χ2v) is 10.4. The van der Waals surface area contributed by atoms with Gasteiger partial charge in [-0.25, -0.2) is 0 Å². The van der Waals surface area contributed by atoms with Gasteiger partial charge in [0.1, 0.15) is 12.4 Å². The number of carbonyl (C=O) groups excluding carboxylic acids is 1. The van der Waals surface area contributed by atoms with Gasteiger partial charge in [-0.3, -0.25) is 9.48 Å². The molecule has 1 aromatic heterocycles. The summed E-state index contributed by atoms with van der Waals surface area (Å²) in [5, 5.41) is 7.73. The van der Waals surface area contributed by atoms with Gasteiger partial charge in [-0.2, -0.15) is 5.10 Å². The number of hydrogen-bond donors (Lipinski definition) is 1. The third-order valence-electron chi connectivity index (χ3n) is 6.39. The van der Waals surface area contributed by atoms with Gasteiger partial charge in [-0.1, -0.05) is 74.9 Å². The third kappa shape index (κ3) is 6.03. The molecular formula is C31H35N3O2. The van der Waals surface area contributed by atoms with Gasteiger partial charge in [0.2, 0.25) is 0 Å². The number of amides is 1. The maximum absolute atomic E-state index is 13.1. The first-order chi connectivity index (χ1) is 17.1. The molecule has 4 aromatic rings. The fourth-order valence-corrected chi connectivity index (χ4v) is 4.10. The van der Waals surface area contributed by atoms with Crippen LogP contribution in [0.2, 0.25) is 0 Å². The molecule has 0 aliphatic carbocycles. The van der Waals surface area contributed by atoms with Crippen LogP contribution in [0.25, 0.3) is 0 Å². The highest BCUT2D eigenvalue weighted by Gasteiger charge is 2.16. The molecule has 36 heavy (non-hydrogen) atoms. The van der Waals surface area contributed by atoms with Gasteiger partial charge in [0, 0.05) is 5.56 Å². The lowest BCUT2D eigenvalue weighted by atomic mass is 9.87. The van der Waals surface area contributed by atoms with Crippen molar-refractivity contribution in [1.29, 1.82) is 0 Å². The van der Waals surface area contributed by atoms with Gasteiger partial charge in [0.15, 0.2) is 0 Å². The van der Waals surface area contributed by atoms with Crippen molar-refractivity contribution in [3.05, 3.63) is 112 Å². The summed E-state index contributed by atoms with van der Waals surface area (Å²) in [6.07, 6.45) is 0. The Labute approximate surface area is 214 Å². The van der Waals surface area contributed by atoms with Crippen LogP contribution in [0, 0.1) is 20.8 Å². The average Bonchev–Trinajstić information content (AvgIpc) is 3.11. The standard InChI is InChI=1S/C31H35N3O2/c1-21-10-12-24(13-11-21)19-34-23(3)29(22(2)33-34)32-30(35)26-9-7-8-25(18-26)20-36-28-16-14-27(15-17-28)31(4,5)6/h7-18H,19-20H2,1-6H3,(H,32,35). The van der Waals surface area contributed by atoms with E-state index in [9.17, 15) is 4.79 Å². The van der Waals surface area contributed by atoms with Crippen LogP contribution in [0.1, 0.15) is 64.8 Å². The monoisotopic (exact) mass is 481 g/mol. The Morgan fingerprint density at radius 1 is 0.917 bits per heavy atom. The number of rotatable bonds is 7. The molecular weight excluding hydrogens is 446 g/mol. The van der Waals surface area contributed by atoms with Crippen molar-refractivity contribution in [1.82, 2.24) is 9.78 Å². The molecule has 3 aromatic carbocycles. The summed E-state index contributed by atoms with van der Waals surface area (Å²) in [7, 11) is 0. The Hall–Kier alpha value is -3.86. The lowest BCUT2D eigenvalue weighted by Crippen LogP contribution is -2.14. The third-order valence-corrected chi connectivity index (χ3v) is 6.39. The first-order valence-electron chi connectivity index (χ1n) is 12.3. The minimum atomic E-state index is -0.160. The van der Waals surface area contributed by atoms with Gasteiger partial charge >= 0.3 is 0 Å². The molecule has 1 amide bonds. The zero-order valence-electron chi connectivity index (χ0n) is 22.1. The second kappa shape index (κ2) is 10.4. The highest BCUT2D eigenvalue weighted by Crippen LogP contribution is 2.25. The van der Waals surface area contributed by atoms with Gasteiger partial charge in [-0.15, -0.1) is 0 Å². The normalized spacial score (nSPS) is 11.4. The van der Waals surface area contributed by atoms with E-state index in [1.807, 2.05) is 54.9 Å². The minimum Gasteiger partial charge on any atom is -0.489 e. The van der Waals surface area contributed by atoms with E-state index in [-0.39, 0.29) is 11.3 Å². The van der Waals surface area contributed by atoms with Gasteiger partial charge in [0.05, 0.1) is 23.6 Å². The summed E-state index contributed by atoms with van der Waals surface area (Å²) in [6.45, 7) is 13.6. The molecule has 4 rings (SSSR count).